The van der Waals surface area contributed by atoms with Crippen LogP contribution in [0.4, 0.5) is 5.69 Å². The fourth-order valence-electron chi connectivity index (χ4n) is 3.32. The Labute approximate surface area is 185 Å². The number of hydrogen-bond acceptors (Lipinski definition) is 5. The van der Waals surface area contributed by atoms with Gasteiger partial charge in [0.25, 0.3) is 5.91 Å². The van der Waals surface area contributed by atoms with E-state index in [1.807, 2.05) is 12.1 Å². The lowest BCUT2D eigenvalue weighted by molar-refractivity contribution is -0.141. The van der Waals surface area contributed by atoms with Crippen LogP contribution in [0.5, 0.6) is 0 Å². The number of esters is 1. The zero-order chi connectivity index (χ0) is 20.3. The van der Waals surface area contributed by atoms with Crippen LogP contribution in [0, 0.1) is 0 Å². The Hall–Kier alpha value is -1.99. The molecule has 1 amide bonds. The number of benzene rings is 2. The summed E-state index contributed by atoms with van der Waals surface area (Å²) in [5.41, 5.74) is 8.43. The highest BCUT2D eigenvalue weighted by Crippen LogP contribution is 2.40. The van der Waals surface area contributed by atoms with Crippen molar-refractivity contribution in [2.24, 2.45) is 5.73 Å². The molecule has 0 saturated heterocycles. The number of methoxy groups -OCH3 is 1. The monoisotopic (exact) mass is 457 g/mol. The molecule has 1 aliphatic rings. The highest BCUT2D eigenvalue weighted by Gasteiger charge is 2.34. The largest absolute Gasteiger partial charge is 0.467 e. The summed E-state index contributed by atoms with van der Waals surface area (Å²) in [5.74, 6) is -0.682. The summed E-state index contributed by atoms with van der Waals surface area (Å²) in [6.45, 7) is 0.549. The van der Waals surface area contributed by atoms with Crippen molar-refractivity contribution in [3.63, 3.8) is 0 Å². The van der Waals surface area contributed by atoms with E-state index in [2.05, 4.69) is 10.6 Å². The number of nitrogens with two attached hydrogens (primary N) is 1. The van der Waals surface area contributed by atoms with Gasteiger partial charge in [-0.25, -0.2) is 4.79 Å². The van der Waals surface area contributed by atoms with E-state index in [9.17, 15) is 9.59 Å². The summed E-state index contributed by atoms with van der Waals surface area (Å²) < 4.78 is 4.85. The van der Waals surface area contributed by atoms with Gasteiger partial charge < -0.3 is 21.1 Å². The molecular weight excluding hydrogens is 437 g/mol. The van der Waals surface area contributed by atoms with Gasteiger partial charge in [0.15, 0.2) is 0 Å². The zero-order valence-electron chi connectivity index (χ0n) is 15.7. The summed E-state index contributed by atoms with van der Waals surface area (Å²) in [6.07, 6.45) is 1.05. The van der Waals surface area contributed by atoms with Crippen LogP contribution in [0.15, 0.2) is 36.4 Å². The number of amides is 1. The van der Waals surface area contributed by atoms with E-state index in [-0.39, 0.29) is 18.3 Å². The Morgan fingerprint density at radius 2 is 1.93 bits per heavy atom. The van der Waals surface area contributed by atoms with Crippen LogP contribution in [0.3, 0.4) is 0 Å². The molecule has 29 heavy (non-hydrogen) atoms. The predicted octanol–water partition coefficient (Wildman–Crippen LogP) is 3.74. The molecular formula is C20H22Cl3N3O3. The fraction of sp³-hybridized carbons (Fsp3) is 0.300. The molecule has 6 nitrogen and oxygen atoms in total. The van der Waals surface area contributed by atoms with E-state index >= 15 is 0 Å². The van der Waals surface area contributed by atoms with Crippen LogP contribution in [0.25, 0.3) is 0 Å². The third kappa shape index (κ3) is 5.34. The van der Waals surface area contributed by atoms with Crippen molar-refractivity contribution in [1.82, 2.24) is 5.32 Å². The van der Waals surface area contributed by atoms with Gasteiger partial charge in [0, 0.05) is 33.3 Å². The fourth-order valence-corrected chi connectivity index (χ4v) is 3.94. The van der Waals surface area contributed by atoms with Crippen molar-refractivity contribution in [2.75, 3.05) is 19.0 Å². The first-order valence-corrected chi connectivity index (χ1v) is 9.61. The summed E-state index contributed by atoms with van der Waals surface area (Å²) in [5, 5.41) is 6.91. The molecule has 1 aliphatic heterocycles. The van der Waals surface area contributed by atoms with E-state index in [4.69, 9.17) is 33.7 Å². The van der Waals surface area contributed by atoms with E-state index in [1.165, 1.54) is 7.11 Å². The lowest BCUT2D eigenvalue weighted by Gasteiger charge is -2.33. The quantitative estimate of drug-likeness (QED) is 0.593. The van der Waals surface area contributed by atoms with Crippen molar-refractivity contribution >= 4 is 53.2 Å². The first-order chi connectivity index (χ1) is 13.4. The molecule has 4 N–H and O–H groups in total. The standard InChI is InChI=1S/C20H21Cl2N3O3.ClH/c1-28-20(27)17-10-16(18-14(22)8-13(21)9-15(18)24-17)25-19(26)12-4-2-11(3-5-12)6-7-23;/h2-5,8-9,16-17,24H,6-7,10,23H2,1H3,(H,25,26);1H. The Morgan fingerprint density at radius 3 is 2.55 bits per heavy atom. The van der Waals surface area contributed by atoms with Gasteiger partial charge in [0.1, 0.15) is 6.04 Å². The third-order valence-corrected chi connectivity index (χ3v) is 5.22. The second-order valence-corrected chi connectivity index (χ2v) is 7.41. The van der Waals surface area contributed by atoms with Crippen molar-refractivity contribution in [3.8, 4) is 0 Å². The molecule has 0 aliphatic carbocycles. The minimum atomic E-state index is -0.621. The van der Waals surface area contributed by atoms with Gasteiger partial charge >= 0.3 is 5.97 Å². The first kappa shape index (κ1) is 23.3. The maximum Gasteiger partial charge on any atom is 0.328 e. The van der Waals surface area contributed by atoms with Crippen LogP contribution in [0.1, 0.15) is 33.9 Å². The van der Waals surface area contributed by atoms with Crippen LogP contribution >= 0.6 is 35.6 Å². The Kier molecular flexibility index (Phi) is 8.16. The molecule has 156 valence electrons. The SMILES string of the molecule is COC(=O)C1CC(NC(=O)c2ccc(CCN)cc2)c2c(Cl)cc(Cl)cc2N1.Cl. The molecule has 0 spiro atoms. The number of ether oxygens (including phenoxy) is 1. The van der Waals surface area contributed by atoms with Crippen molar-refractivity contribution < 1.29 is 14.3 Å². The molecule has 0 fully saturated rings. The van der Waals surface area contributed by atoms with Gasteiger partial charge in [-0.15, -0.1) is 12.4 Å². The Morgan fingerprint density at radius 1 is 1.24 bits per heavy atom. The maximum absolute atomic E-state index is 12.8. The molecule has 9 heteroatoms. The van der Waals surface area contributed by atoms with E-state index in [0.717, 1.165) is 12.0 Å². The minimum absolute atomic E-state index is 0. The molecule has 1 heterocycles. The smallest absolute Gasteiger partial charge is 0.328 e. The summed E-state index contributed by atoms with van der Waals surface area (Å²) >= 11 is 12.5. The first-order valence-electron chi connectivity index (χ1n) is 8.86. The van der Waals surface area contributed by atoms with Crippen LogP contribution < -0.4 is 16.4 Å². The summed E-state index contributed by atoms with van der Waals surface area (Å²) in [7, 11) is 1.32. The van der Waals surface area contributed by atoms with E-state index in [1.54, 1.807) is 24.3 Å². The third-order valence-electron chi connectivity index (χ3n) is 4.68. The highest BCUT2D eigenvalue weighted by atomic mass is 35.5. The number of hydrogen-bond donors (Lipinski definition) is 3. The van der Waals surface area contributed by atoms with Gasteiger partial charge in [-0.1, -0.05) is 35.3 Å². The number of halogens is 3. The average Bonchev–Trinajstić information content (AvgIpc) is 2.67. The van der Waals surface area contributed by atoms with Crippen LogP contribution in [-0.4, -0.2) is 31.6 Å². The number of carbonyl (C=O) groups excluding carboxylic acids is 2. The van der Waals surface area contributed by atoms with E-state index in [0.29, 0.717) is 39.8 Å². The lowest BCUT2D eigenvalue weighted by atomic mass is 9.92. The van der Waals surface area contributed by atoms with Gasteiger partial charge in [-0.2, -0.15) is 0 Å². The van der Waals surface area contributed by atoms with Gasteiger partial charge in [-0.3, -0.25) is 4.79 Å². The highest BCUT2D eigenvalue weighted by molar-refractivity contribution is 6.35. The molecule has 0 radical (unpaired) electrons. The summed E-state index contributed by atoms with van der Waals surface area (Å²) in [4.78, 5) is 24.8. The molecule has 2 atom stereocenters. The molecule has 2 unspecified atom stereocenters. The summed E-state index contributed by atoms with van der Waals surface area (Å²) in [6, 6.07) is 9.46. The van der Waals surface area contributed by atoms with Crippen molar-refractivity contribution in [2.45, 2.75) is 24.9 Å². The van der Waals surface area contributed by atoms with Gasteiger partial charge in [-0.05, 0) is 42.8 Å². The maximum atomic E-state index is 12.8. The Bertz CT molecular complexity index is 891. The average molecular weight is 459 g/mol. The lowest BCUT2D eigenvalue weighted by Crippen LogP contribution is -2.41. The zero-order valence-corrected chi connectivity index (χ0v) is 18.0. The molecule has 3 rings (SSSR count). The van der Waals surface area contributed by atoms with Gasteiger partial charge in [0.2, 0.25) is 0 Å². The minimum Gasteiger partial charge on any atom is -0.467 e. The Balaban J connectivity index is 0.00000300. The number of fused-ring (bicyclic) bond motifs is 1. The normalized spacial score (nSPS) is 17.4. The molecule has 0 aromatic heterocycles. The number of rotatable bonds is 5. The number of nitrogens with one attached hydrogen (secondary N) is 2. The number of carbonyl (C=O) groups is 2. The van der Waals surface area contributed by atoms with E-state index < -0.39 is 18.1 Å². The topological polar surface area (TPSA) is 93.5 Å². The van der Waals surface area contributed by atoms with Crippen molar-refractivity contribution in [3.05, 3.63) is 63.1 Å². The molecule has 0 bridgehead atoms. The predicted molar refractivity (Wildman–Crippen MR) is 117 cm³/mol. The molecule has 0 saturated carbocycles. The second-order valence-electron chi connectivity index (χ2n) is 6.57. The molecule has 2 aromatic carbocycles. The molecule has 2 aromatic rings. The van der Waals surface area contributed by atoms with Crippen LogP contribution in [0.2, 0.25) is 10.0 Å². The van der Waals surface area contributed by atoms with Gasteiger partial charge in [0.05, 0.1) is 13.2 Å². The second kappa shape index (κ2) is 10.2. The van der Waals surface area contributed by atoms with Crippen LogP contribution in [-0.2, 0) is 16.0 Å². The van der Waals surface area contributed by atoms with Crippen molar-refractivity contribution in [1.29, 1.82) is 0 Å². The number of anilines is 1.